The lowest BCUT2D eigenvalue weighted by Crippen LogP contribution is -2.34. The van der Waals surface area contributed by atoms with E-state index in [1.54, 1.807) is 25.5 Å². The molecule has 3 rings (SSSR count). The molecule has 0 unspecified atom stereocenters. The topological polar surface area (TPSA) is 93.8 Å². The molecule has 8 nitrogen and oxygen atoms in total. The van der Waals surface area contributed by atoms with E-state index >= 15 is 0 Å². The number of aromatic nitrogens is 4. The van der Waals surface area contributed by atoms with Gasteiger partial charge in [0.2, 0.25) is 0 Å². The quantitative estimate of drug-likeness (QED) is 0.726. The van der Waals surface area contributed by atoms with Crippen LogP contribution in [0.5, 0.6) is 0 Å². The van der Waals surface area contributed by atoms with Crippen LogP contribution < -0.4 is 16.3 Å². The van der Waals surface area contributed by atoms with Gasteiger partial charge < -0.3 is 10.6 Å². The molecule has 0 saturated heterocycles. The van der Waals surface area contributed by atoms with E-state index in [9.17, 15) is 14.0 Å². The van der Waals surface area contributed by atoms with Gasteiger partial charge in [0, 0.05) is 37.2 Å². The first kappa shape index (κ1) is 17.3. The Balaban J connectivity index is 1.59. The van der Waals surface area contributed by atoms with Crippen LogP contribution in [0, 0.1) is 5.82 Å². The highest BCUT2D eigenvalue weighted by Crippen LogP contribution is 2.12. The number of carbonyl (C=O) groups is 1. The van der Waals surface area contributed by atoms with Gasteiger partial charge in [0.1, 0.15) is 5.82 Å². The maximum Gasteiger partial charge on any atom is 0.345 e. The second-order valence-corrected chi connectivity index (χ2v) is 5.52. The Bertz CT molecular complexity index is 950. The van der Waals surface area contributed by atoms with Crippen LogP contribution in [0.25, 0.3) is 11.4 Å². The molecule has 0 saturated carbocycles. The number of rotatable bonds is 5. The first-order chi connectivity index (χ1) is 12.5. The van der Waals surface area contributed by atoms with E-state index in [4.69, 9.17) is 0 Å². The molecular formula is C17H17FN6O2. The molecule has 9 heteroatoms. The fraction of sp³-hybridized carbons (Fsp3) is 0.176. The van der Waals surface area contributed by atoms with Crippen LogP contribution in [0.15, 0.2) is 53.6 Å². The molecule has 2 amide bonds. The van der Waals surface area contributed by atoms with Crippen molar-refractivity contribution in [2.45, 2.75) is 6.54 Å². The summed E-state index contributed by atoms with van der Waals surface area (Å²) in [5.74, 6) is 0.119. The zero-order chi connectivity index (χ0) is 18.5. The number of amides is 2. The predicted molar refractivity (Wildman–Crippen MR) is 94.1 cm³/mol. The van der Waals surface area contributed by atoms with Crippen LogP contribution in [0.1, 0.15) is 0 Å². The van der Waals surface area contributed by atoms with Gasteiger partial charge in [-0.15, -0.1) is 5.10 Å². The molecule has 0 radical (unpaired) electrons. The van der Waals surface area contributed by atoms with Crippen molar-refractivity contribution < 1.29 is 9.18 Å². The highest BCUT2D eigenvalue weighted by Gasteiger charge is 2.12. The maximum atomic E-state index is 12.8. The Morgan fingerprint density at radius 3 is 2.69 bits per heavy atom. The van der Waals surface area contributed by atoms with Gasteiger partial charge in [0.25, 0.3) is 0 Å². The second-order valence-electron chi connectivity index (χ2n) is 5.52. The van der Waals surface area contributed by atoms with Gasteiger partial charge in [0.15, 0.2) is 5.82 Å². The minimum absolute atomic E-state index is 0.205. The minimum Gasteiger partial charge on any atom is -0.336 e. The smallest absolute Gasteiger partial charge is 0.336 e. The number of urea groups is 1. The molecule has 0 atom stereocenters. The largest absolute Gasteiger partial charge is 0.345 e. The van der Waals surface area contributed by atoms with Crippen LogP contribution in [-0.2, 0) is 13.6 Å². The van der Waals surface area contributed by atoms with E-state index in [0.29, 0.717) is 11.5 Å². The molecule has 2 aromatic heterocycles. The Morgan fingerprint density at radius 2 is 2.00 bits per heavy atom. The second kappa shape index (κ2) is 7.60. The lowest BCUT2D eigenvalue weighted by molar-refractivity contribution is 0.251. The summed E-state index contributed by atoms with van der Waals surface area (Å²) in [5.41, 5.74) is 0.912. The average Bonchev–Trinajstić information content (AvgIpc) is 2.93. The van der Waals surface area contributed by atoms with E-state index in [0.717, 1.165) is 5.56 Å². The van der Waals surface area contributed by atoms with Crippen molar-refractivity contribution in [2.24, 2.45) is 7.05 Å². The third-order valence-corrected chi connectivity index (χ3v) is 3.67. The molecule has 1 aromatic carbocycles. The third-order valence-electron chi connectivity index (χ3n) is 3.67. The van der Waals surface area contributed by atoms with Crippen LogP contribution >= 0.6 is 0 Å². The van der Waals surface area contributed by atoms with Crippen LogP contribution in [0.2, 0.25) is 0 Å². The molecule has 26 heavy (non-hydrogen) atoms. The van der Waals surface area contributed by atoms with Crippen molar-refractivity contribution in [3.8, 4) is 11.4 Å². The number of carbonyl (C=O) groups excluding carboxylic acids is 1. The van der Waals surface area contributed by atoms with Crippen LogP contribution in [0.4, 0.5) is 14.9 Å². The van der Waals surface area contributed by atoms with Crippen molar-refractivity contribution in [1.29, 1.82) is 0 Å². The maximum absolute atomic E-state index is 12.8. The number of nitrogens with zero attached hydrogens (tertiary/aromatic N) is 4. The summed E-state index contributed by atoms with van der Waals surface area (Å²) < 4.78 is 15.5. The van der Waals surface area contributed by atoms with Gasteiger partial charge in [-0.3, -0.25) is 9.55 Å². The Hall–Kier alpha value is -3.49. The lowest BCUT2D eigenvalue weighted by atomic mass is 10.3. The Morgan fingerprint density at radius 1 is 1.23 bits per heavy atom. The minimum atomic E-state index is -0.451. The number of hydrogen-bond donors (Lipinski definition) is 2. The third kappa shape index (κ3) is 3.94. The van der Waals surface area contributed by atoms with Crippen molar-refractivity contribution >= 4 is 11.7 Å². The summed E-state index contributed by atoms with van der Waals surface area (Å²) in [5, 5.41) is 9.48. The summed E-state index contributed by atoms with van der Waals surface area (Å²) >= 11 is 0. The number of halogens is 1. The molecule has 0 aliphatic heterocycles. The molecule has 2 N–H and O–H groups in total. The van der Waals surface area contributed by atoms with Crippen molar-refractivity contribution in [2.75, 3.05) is 11.9 Å². The average molecular weight is 356 g/mol. The summed E-state index contributed by atoms with van der Waals surface area (Å²) in [6, 6.07) is 8.55. The molecule has 0 aliphatic carbocycles. The van der Waals surface area contributed by atoms with Crippen LogP contribution in [0.3, 0.4) is 0 Å². The zero-order valence-corrected chi connectivity index (χ0v) is 14.0. The van der Waals surface area contributed by atoms with E-state index in [2.05, 4.69) is 20.7 Å². The number of hydrogen-bond acceptors (Lipinski definition) is 4. The SMILES string of the molecule is Cn1c(-c2cccnc2)nn(CCNC(=O)Nc2ccc(F)cc2)c1=O. The molecule has 3 aromatic rings. The summed E-state index contributed by atoms with van der Waals surface area (Å²) in [4.78, 5) is 28.1. The van der Waals surface area contributed by atoms with Gasteiger partial charge in [-0.2, -0.15) is 0 Å². The molecule has 0 spiro atoms. The highest BCUT2D eigenvalue weighted by molar-refractivity contribution is 5.89. The van der Waals surface area contributed by atoms with E-state index < -0.39 is 6.03 Å². The molecule has 2 heterocycles. The fourth-order valence-corrected chi connectivity index (χ4v) is 2.36. The van der Waals surface area contributed by atoms with E-state index in [1.165, 1.54) is 33.5 Å². The number of pyridine rings is 1. The monoisotopic (exact) mass is 356 g/mol. The molecule has 0 fully saturated rings. The first-order valence-corrected chi connectivity index (χ1v) is 7.89. The first-order valence-electron chi connectivity index (χ1n) is 7.89. The Labute approximate surface area is 148 Å². The predicted octanol–water partition coefficient (Wildman–Crippen LogP) is 1.60. The van der Waals surface area contributed by atoms with Gasteiger partial charge in [-0.1, -0.05) is 0 Å². The molecule has 0 aliphatic rings. The summed E-state index contributed by atoms with van der Waals surface area (Å²) in [6.07, 6.45) is 3.27. The van der Waals surface area contributed by atoms with Crippen molar-refractivity contribution in [3.05, 3.63) is 65.1 Å². The fourth-order valence-electron chi connectivity index (χ4n) is 2.36. The summed E-state index contributed by atoms with van der Waals surface area (Å²) in [7, 11) is 1.63. The number of anilines is 1. The molecule has 134 valence electrons. The van der Waals surface area contributed by atoms with Gasteiger partial charge >= 0.3 is 11.7 Å². The Kier molecular flexibility index (Phi) is 5.07. The van der Waals surface area contributed by atoms with E-state index in [1.807, 2.05) is 6.07 Å². The standard InChI is InChI=1S/C17H17FN6O2/c1-23-15(12-3-2-8-19-11-12)22-24(17(23)26)10-9-20-16(25)21-14-6-4-13(18)5-7-14/h2-8,11H,9-10H2,1H3,(H2,20,21,25). The molecule has 0 bridgehead atoms. The number of nitrogens with one attached hydrogen (secondary N) is 2. The lowest BCUT2D eigenvalue weighted by Gasteiger charge is -2.07. The van der Waals surface area contributed by atoms with Crippen molar-refractivity contribution in [3.63, 3.8) is 0 Å². The summed E-state index contributed by atoms with van der Waals surface area (Å²) in [6.45, 7) is 0.417. The normalized spacial score (nSPS) is 10.5. The van der Waals surface area contributed by atoms with Gasteiger partial charge in [-0.05, 0) is 36.4 Å². The molecular weight excluding hydrogens is 339 g/mol. The van der Waals surface area contributed by atoms with Crippen molar-refractivity contribution in [1.82, 2.24) is 24.6 Å². The zero-order valence-electron chi connectivity index (χ0n) is 14.0. The van der Waals surface area contributed by atoms with Crippen LogP contribution in [-0.4, -0.2) is 31.9 Å². The number of benzene rings is 1. The van der Waals surface area contributed by atoms with Gasteiger partial charge in [0.05, 0.1) is 6.54 Å². The highest BCUT2D eigenvalue weighted by atomic mass is 19.1. The van der Waals surface area contributed by atoms with Gasteiger partial charge in [-0.25, -0.2) is 18.7 Å². The van der Waals surface area contributed by atoms with E-state index in [-0.39, 0.29) is 24.6 Å².